The first kappa shape index (κ1) is 5.82. The van der Waals surface area contributed by atoms with Crippen LogP contribution in [0.5, 0.6) is 0 Å². The van der Waals surface area contributed by atoms with Crippen molar-refractivity contribution in [3.8, 4) is 0 Å². The summed E-state index contributed by atoms with van der Waals surface area (Å²) >= 11 is 2.39. The average Bonchev–Trinajstić information content (AvgIpc) is 2.42. The van der Waals surface area contributed by atoms with Crippen molar-refractivity contribution < 1.29 is 4.74 Å². The second kappa shape index (κ2) is 2.87. The standard InChI is InChI=1S/C5H9IO/c6-3-1-2-5-4-7-5/h5H,1-4H2. The first-order valence-corrected chi connectivity index (χ1v) is 4.13. The van der Waals surface area contributed by atoms with Crippen molar-refractivity contribution >= 4 is 22.6 Å². The SMILES string of the molecule is ICCCC1CO1. The minimum Gasteiger partial charge on any atom is -0.373 e. The van der Waals surface area contributed by atoms with Crippen molar-refractivity contribution in [2.75, 3.05) is 11.0 Å². The van der Waals surface area contributed by atoms with Crippen LogP contribution >= 0.6 is 22.6 Å². The van der Waals surface area contributed by atoms with E-state index in [1.165, 1.54) is 17.3 Å². The Balaban J connectivity index is 1.80. The van der Waals surface area contributed by atoms with Crippen molar-refractivity contribution in [2.24, 2.45) is 0 Å². The fourth-order valence-electron chi connectivity index (χ4n) is 0.540. The van der Waals surface area contributed by atoms with Gasteiger partial charge in [-0.25, -0.2) is 0 Å². The zero-order valence-corrected chi connectivity index (χ0v) is 6.35. The molecule has 0 aliphatic carbocycles. The van der Waals surface area contributed by atoms with Crippen molar-refractivity contribution in [1.82, 2.24) is 0 Å². The van der Waals surface area contributed by atoms with Crippen LogP contribution in [0.15, 0.2) is 0 Å². The van der Waals surface area contributed by atoms with E-state index in [1.807, 2.05) is 0 Å². The predicted octanol–water partition coefficient (Wildman–Crippen LogP) is 1.60. The van der Waals surface area contributed by atoms with E-state index in [1.54, 1.807) is 0 Å². The number of ether oxygens (including phenoxy) is 1. The van der Waals surface area contributed by atoms with Gasteiger partial charge in [-0.1, -0.05) is 22.6 Å². The van der Waals surface area contributed by atoms with E-state index in [0.717, 1.165) is 6.61 Å². The maximum absolute atomic E-state index is 5.01. The van der Waals surface area contributed by atoms with Crippen LogP contribution < -0.4 is 0 Å². The third kappa shape index (κ3) is 2.49. The molecule has 1 rings (SSSR count). The summed E-state index contributed by atoms with van der Waals surface area (Å²) in [5, 5.41) is 0. The summed E-state index contributed by atoms with van der Waals surface area (Å²) in [6, 6.07) is 0. The van der Waals surface area contributed by atoms with Crippen LogP contribution in [0.3, 0.4) is 0 Å². The molecule has 1 nitrogen and oxygen atoms in total. The lowest BCUT2D eigenvalue weighted by Gasteiger charge is -1.85. The Hall–Kier alpha value is 0.690. The van der Waals surface area contributed by atoms with Crippen LogP contribution in [-0.4, -0.2) is 17.1 Å². The Kier molecular flexibility index (Phi) is 2.38. The van der Waals surface area contributed by atoms with Crippen LogP contribution in [0.1, 0.15) is 12.8 Å². The molecule has 42 valence electrons. The highest BCUT2D eigenvalue weighted by atomic mass is 127. The minimum atomic E-state index is 0.648. The molecular formula is C5H9IO. The lowest BCUT2D eigenvalue weighted by molar-refractivity contribution is 0.396. The summed E-state index contributed by atoms with van der Waals surface area (Å²) in [6.07, 6.45) is 3.25. The van der Waals surface area contributed by atoms with E-state index < -0.39 is 0 Å². The molecule has 7 heavy (non-hydrogen) atoms. The molecule has 1 atom stereocenters. The Morgan fingerprint density at radius 1 is 1.71 bits per heavy atom. The molecule has 0 radical (unpaired) electrons. The third-order valence-electron chi connectivity index (χ3n) is 1.06. The van der Waals surface area contributed by atoms with Gasteiger partial charge in [-0.3, -0.25) is 0 Å². The van der Waals surface area contributed by atoms with Gasteiger partial charge in [-0.05, 0) is 17.3 Å². The Bertz CT molecular complexity index is 52.0. The fraction of sp³-hybridized carbons (Fsp3) is 1.00. The number of epoxide rings is 1. The lowest BCUT2D eigenvalue weighted by atomic mass is 10.3. The quantitative estimate of drug-likeness (QED) is 0.393. The first-order chi connectivity index (χ1) is 3.43. The van der Waals surface area contributed by atoms with E-state index in [0.29, 0.717) is 6.10 Å². The van der Waals surface area contributed by atoms with Crippen LogP contribution in [0.4, 0.5) is 0 Å². The predicted molar refractivity (Wildman–Crippen MR) is 37.9 cm³/mol. The van der Waals surface area contributed by atoms with Crippen LogP contribution in [0.2, 0.25) is 0 Å². The highest BCUT2D eigenvalue weighted by Gasteiger charge is 2.20. The van der Waals surface area contributed by atoms with Gasteiger partial charge >= 0.3 is 0 Å². The molecule has 1 unspecified atom stereocenters. The molecule has 0 aromatic heterocycles. The van der Waals surface area contributed by atoms with Crippen molar-refractivity contribution in [2.45, 2.75) is 18.9 Å². The highest BCUT2D eigenvalue weighted by molar-refractivity contribution is 14.1. The molecule has 0 spiro atoms. The van der Waals surface area contributed by atoms with Gasteiger partial charge in [-0.2, -0.15) is 0 Å². The Morgan fingerprint density at radius 2 is 2.43 bits per heavy atom. The number of hydrogen-bond acceptors (Lipinski definition) is 1. The van der Waals surface area contributed by atoms with E-state index >= 15 is 0 Å². The van der Waals surface area contributed by atoms with E-state index in [-0.39, 0.29) is 0 Å². The number of rotatable bonds is 3. The number of hydrogen-bond donors (Lipinski definition) is 0. The van der Waals surface area contributed by atoms with Gasteiger partial charge in [-0.15, -0.1) is 0 Å². The van der Waals surface area contributed by atoms with Crippen molar-refractivity contribution in [3.63, 3.8) is 0 Å². The van der Waals surface area contributed by atoms with Gasteiger partial charge in [0.25, 0.3) is 0 Å². The number of halogens is 1. The van der Waals surface area contributed by atoms with E-state index in [9.17, 15) is 0 Å². The van der Waals surface area contributed by atoms with Gasteiger partial charge in [0.2, 0.25) is 0 Å². The molecule has 0 bridgehead atoms. The monoisotopic (exact) mass is 212 g/mol. The maximum Gasteiger partial charge on any atom is 0.0810 e. The fourth-order valence-corrected chi connectivity index (χ4v) is 0.980. The summed E-state index contributed by atoms with van der Waals surface area (Å²) in [5.74, 6) is 0. The molecule has 2 heteroatoms. The van der Waals surface area contributed by atoms with Crippen LogP contribution in [0.25, 0.3) is 0 Å². The van der Waals surface area contributed by atoms with E-state index in [4.69, 9.17) is 4.74 Å². The van der Waals surface area contributed by atoms with Gasteiger partial charge in [0.1, 0.15) is 0 Å². The summed E-state index contributed by atoms with van der Waals surface area (Å²) in [7, 11) is 0. The van der Waals surface area contributed by atoms with Crippen molar-refractivity contribution in [1.29, 1.82) is 0 Å². The smallest absolute Gasteiger partial charge is 0.0810 e. The second-order valence-corrected chi connectivity index (χ2v) is 2.87. The van der Waals surface area contributed by atoms with Gasteiger partial charge < -0.3 is 4.74 Å². The Labute approximate surface area is 57.6 Å². The summed E-state index contributed by atoms with van der Waals surface area (Å²) in [5.41, 5.74) is 0. The summed E-state index contributed by atoms with van der Waals surface area (Å²) < 4.78 is 6.28. The zero-order valence-electron chi connectivity index (χ0n) is 4.19. The third-order valence-corrected chi connectivity index (χ3v) is 1.82. The molecule has 0 saturated carbocycles. The van der Waals surface area contributed by atoms with Crippen LogP contribution in [-0.2, 0) is 4.74 Å². The van der Waals surface area contributed by atoms with Gasteiger partial charge in [0.15, 0.2) is 0 Å². The highest BCUT2D eigenvalue weighted by Crippen LogP contribution is 2.15. The summed E-state index contributed by atoms with van der Waals surface area (Å²) in [4.78, 5) is 0. The molecule has 1 aliphatic rings. The molecule has 1 saturated heterocycles. The maximum atomic E-state index is 5.01. The minimum absolute atomic E-state index is 0.648. The molecule has 1 heterocycles. The first-order valence-electron chi connectivity index (χ1n) is 2.61. The van der Waals surface area contributed by atoms with Crippen molar-refractivity contribution in [3.05, 3.63) is 0 Å². The molecule has 0 amide bonds. The topological polar surface area (TPSA) is 12.5 Å². The molecule has 0 aromatic carbocycles. The van der Waals surface area contributed by atoms with Gasteiger partial charge in [0, 0.05) is 0 Å². The zero-order chi connectivity index (χ0) is 5.11. The molecule has 0 aromatic rings. The van der Waals surface area contributed by atoms with E-state index in [2.05, 4.69) is 22.6 Å². The molecular weight excluding hydrogens is 203 g/mol. The largest absolute Gasteiger partial charge is 0.373 e. The molecule has 1 aliphatic heterocycles. The average molecular weight is 212 g/mol. The second-order valence-electron chi connectivity index (χ2n) is 1.79. The lowest BCUT2D eigenvalue weighted by Crippen LogP contribution is -1.83. The molecule has 1 fully saturated rings. The Morgan fingerprint density at radius 3 is 2.86 bits per heavy atom. The summed E-state index contributed by atoms with van der Waals surface area (Å²) in [6.45, 7) is 1.02. The van der Waals surface area contributed by atoms with Gasteiger partial charge in [0.05, 0.1) is 12.7 Å². The van der Waals surface area contributed by atoms with Crippen LogP contribution in [0, 0.1) is 0 Å². The normalized spacial score (nSPS) is 27.9. The number of alkyl halides is 1. The molecule has 0 N–H and O–H groups in total.